The molecule has 2 fully saturated rings. The second kappa shape index (κ2) is 7.27. The molecule has 0 radical (unpaired) electrons. The Kier molecular flexibility index (Phi) is 4.48. The lowest BCUT2D eigenvalue weighted by molar-refractivity contribution is 0.0672. The van der Waals surface area contributed by atoms with Crippen LogP contribution in [0.25, 0.3) is 5.65 Å². The van der Waals surface area contributed by atoms with Gasteiger partial charge in [0.15, 0.2) is 17.2 Å². The fraction of sp³-hybridized carbons (Fsp3) is 0.450. The van der Waals surface area contributed by atoms with Gasteiger partial charge in [-0.3, -0.25) is 4.79 Å². The smallest absolute Gasteiger partial charge is 0.289 e. The molecule has 8 heteroatoms. The van der Waals surface area contributed by atoms with Crippen molar-refractivity contribution in [3.63, 3.8) is 0 Å². The van der Waals surface area contributed by atoms with Gasteiger partial charge < -0.3 is 19.0 Å². The normalized spacial score (nSPS) is 20.6. The van der Waals surface area contributed by atoms with Gasteiger partial charge in [-0.15, -0.1) is 0 Å². The molecule has 2 aliphatic heterocycles. The van der Waals surface area contributed by atoms with Crippen molar-refractivity contribution in [3.8, 4) is 0 Å². The maximum absolute atomic E-state index is 12.6. The predicted octanol–water partition coefficient (Wildman–Crippen LogP) is 2.18. The van der Waals surface area contributed by atoms with Crippen molar-refractivity contribution in [1.82, 2.24) is 19.5 Å². The molecule has 0 aliphatic carbocycles. The zero-order chi connectivity index (χ0) is 18.9. The predicted molar refractivity (Wildman–Crippen MR) is 103 cm³/mol. The van der Waals surface area contributed by atoms with E-state index in [1.54, 1.807) is 12.1 Å². The number of piperidine rings is 1. The fourth-order valence-electron chi connectivity index (χ4n) is 4.00. The van der Waals surface area contributed by atoms with Crippen LogP contribution in [0.2, 0.25) is 0 Å². The Morgan fingerprint density at radius 2 is 2.04 bits per heavy atom. The van der Waals surface area contributed by atoms with E-state index in [0.29, 0.717) is 12.3 Å². The Morgan fingerprint density at radius 3 is 2.86 bits per heavy atom. The van der Waals surface area contributed by atoms with Crippen LogP contribution in [0.3, 0.4) is 0 Å². The number of ether oxygens (including phenoxy) is 1. The number of likely N-dealkylation sites (tertiary alicyclic amines) is 1. The van der Waals surface area contributed by atoms with Crippen molar-refractivity contribution in [3.05, 3.63) is 48.3 Å². The van der Waals surface area contributed by atoms with Gasteiger partial charge >= 0.3 is 0 Å². The van der Waals surface area contributed by atoms with Crippen LogP contribution in [0.5, 0.6) is 0 Å². The van der Waals surface area contributed by atoms with Gasteiger partial charge in [-0.2, -0.15) is 5.10 Å². The quantitative estimate of drug-likeness (QED) is 0.692. The first-order valence-corrected chi connectivity index (χ1v) is 9.80. The highest BCUT2D eigenvalue weighted by atomic mass is 16.5. The number of hydrogen-bond donors (Lipinski definition) is 0. The van der Waals surface area contributed by atoms with Crippen molar-refractivity contribution < 1.29 is 13.9 Å². The van der Waals surface area contributed by atoms with Gasteiger partial charge in [0.25, 0.3) is 5.91 Å². The van der Waals surface area contributed by atoms with Crippen molar-refractivity contribution in [2.45, 2.75) is 18.8 Å². The Labute approximate surface area is 162 Å². The molecule has 1 atom stereocenters. The highest BCUT2D eigenvalue weighted by Gasteiger charge is 2.29. The number of hydrogen-bond acceptors (Lipinski definition) is 6. The number of rotatable bonds is 3. The van der Waals surface area contributed by atoms with Crippen LogP contribution in [0, 0.1) is 0 Å². The van der Waals surface area contributed by atoms with E-state index in [1.165, 1.54) is 6.26 Å². The first kappa shape index (κ1) is 17.2. The Morgan fingerprint density at radius 1 is 1.14 bits per heavy atom. The number of carbonyl (C=O) groups excluding carboxylic acids is 1. The van der Waals surface area contributed by atoms with E-state index in [0.717, 1.165) is 62.8 Å². The van der Waals surface area contributed by atoms with Crippen LogP contribution in [0.15, 0.2) is 41.1 Å². The molecule has 0 unspecified atom stereocenters. The van der Waals surface area contributed by atoms with Gasteiger partial charge in [-0.25, -0.2) is 9.50 Å². The summed E-state index contributed by atoms with van der Waals surface area (Å²) in [5.74, 6) is 1.27. The van der Waals surface area contributed by atoms with E-state index in [2.05, 4.69) is 11.0 Å². The number of nitrogens with zero attached hydrogens (tertiary/aromatic N) is 5. The monoisotopic (exact) mass is 381 g/mol. The van der Waals surface area contributed by atoms with Crippen LogP contribution < -0.4 is 4.90 Å². The molecule has 2 aliphatic rings. The topological polar surface area (TPSA) is 76.1 Å². The molecule has 2 saturated heterocycles. The lowest BCUT2D eigenvalue weighted by Crippen LogP contribution is -2.39. The summed E-state index contributed by atoms with van der Waals surface area (Å²) >= 11 is 0. The highest BCUT2D eigenvalue weighted by Crippen LogP contribution is 2.27. The number of aromatic nitrogens is 3. The van der Waals surface area contributed by atoms with Crippen molar-refractivity contribution in [2.24, 2.45) is 0 Å². The highest BCUT2D eigenvalue weighted by molar-refractivity contribution is 5.91. The number of anilines is 1. The van der Waals surface area contributed by atoms with Crippen molar-refractivity contribution in [2.75, 3.05) is 44.3 Å². The Hall–Kier alpha value is -2.87. The molecule has 5 rings (SSSR count). The summed E-state index contributed by atoms with van der Waals surface area (Å²) in [6.07, 6.45) is 5.48. The van der Waals surface area contributed by atoms with E-state index < -0.39 is 0 Å². The van der Waals surface area contributed by atoms with Crippen LogP contribution in [-0.4, -0.2) is 64.8 Å². The maximum atomic E-state index is 12.6. The van der Waals surface area contributed by atoms with E-state index >= 15 is 0 Å². The SMILES string of the molecule is O=C(c1ccco1)N1CCC[C@@H](c2nc3ccc(N4CCOCC4)cn3n2)C1. The fourth-order valence-corrected chi connectivity index (χ4v) is 4.00. The maximum Gasteiger partial charge on any atom is 0.289 e. The molecule has 3 aromatic heterocycles. The van der Waals surface area contributed by atoms with E-state index in [-0.39, 0.29) is 11.8 Å². The van der Waals surface area contributed by atoms with E-state index in [9.17, 15) is 4.79 Å². The minimum absolute atomic E-state index is 0.0620. The van der Waals surface area contributed by atoms with Crippen LogP contribution in [-0.2, 0) is 4.74 Å². The number of furan rings is 1. The third kappa shape index (κ3) is 3.24. The number of morpholine rings is 1. The van der Waals surface area contributed by atoms with Gasteiger partial charge in [0, 0.05) is 32.1 Å². The first-order valence-electron chi connectivity index (χ1n) is 9.80. The third-order valence-electron chi connectivity index (χ3n) is 5.51. The molecule has 0 spiro atoms. The third-order valence-corrected chi connectivity index (χ3v) is 5.51. The van der Waals surface area contributed by atoms with Crippen LogP contribution in [0.4, 0.5) is 5.69 Å². The average Bonchev–Trinajstić information content (AvgIpc) is 3.43. The molecule has 0 bridgehead atoms. The molecule has 1 amide bonds. The number of carbonyl (C=O) groups is 1. The summed E-state index contributed by atoms with van der Waals surface area (Å²) in [7, 11) is 0. The lowest BCUT2D eigenvalue weighted by atomic mass is 9.97. The standard InChI is InChI=1S/C20H23N5O3/c26-20(17-4-2-10-28-17)24-7-1-3-15(13-24)19-21-18-6-5-16(14-25(18)22-19)23-8-11-27-12-9-23/h2,4-6,10,14-15H,1,3,7-9,11-13H2/t15-/m1/s1. The summed E-state index contributed by atoms with van der Waals surface area (Å²) in [5.41, 5.74) is 1.96. The summed E-state index contributed by atoms with van der Waals surface area (Å²) in [6.45, 7) is 4.64. The summed E-state index contributed by atoms with van der Waals surface area (Å²) < 4.78 is 12.6. The second-order valence-electron chi connectivity index (χ2n) is 7.33. The molecule has 3 aromatic rings. The van der Waals surface area contributed by atoms with E-state index in [4.69, 9.17) is 19.2 Å². The van der Waals surface area contributed by atoms with Gasteiger partial charge in [0.05, 0.1) is 31.4 Å². The molecular weight excluding hydrogens is 358 g/mol. The average molecular weight is 381 g/mol. The molecule has 0 saturated carbocycles. The molecular formula is C20H23N5O3. The molecule has 146 valence electrons. The van der Waals surface area contributed by atoms with Crippen molar-refractivity contribution in [1.29, 1.82) is 0 Å². The molecule has 0 N–H and O–H groups in total. The van der Waals surface area contributed by atoms with Gasteiger partial charge in [0.1, 0.15) is 0 Å². The number of pyridine rings is 1. The lowest BCUT2D eigenvalue weighted by Gasteiger charge is -2.30. The summed E-state index contributed by atoms with van der Waals surface area (Å²) in [6, 6.07) is 7.55. The summed E-state index contributed by atoms with van der Waals surface area (Å²) in [5, 5.41) is 4.73. The van der Waals surface area contributed by atoms with Gasteiger partial charge in [-0.05, 0) is 37.1 Å². The molecule has 28 heavy (non-hydrogen) atoms. The second-order valence-corrected chi connectivity index (χ2v) is 7.33. The van der Waals surface area contributed by atoms with Gasteiger partial charge in [-0.1, -0.05) is 0 Å². The Bertz CT molecular complexity index is 962. The van der Waals surface area contributed by atoms with Crippen molar-refractivity contribution >= 4 is 17.2 Å². The minimum atomic E-state index is -0.0620. The molecule has 5 heterocycles. The summed E-state index contributed by atoms with van der Waals surface area (Å²) in [4.78, 5) is 21.5. The first-order chi connectivity index (χ1) is 13.8. The van der Waals surface area contributed by atoms with E-state index in [1.807, 2.05) is 21.7 Å². The molecule has 8 nitrogen and oxygen atoms in total. The van der Waals surface area contributed by atoms with Crippen LogP contribution >= 0.6 is 0 Å². The van der Waals surface area contributed by atoms with Crippen LogP contribution in [0.1, 0.15) is 35.1 Å². The zero-order valence-electron chi connectivity index (χ0n) is 15.7. The largest absolute Gasteiger partial charge is 0.459 e. The minimum Gasteiger partial charge on any atom is -0.459 e. The molecule has 0 aromatic carbocycles. The number of amides is 1. The Balaban J connectivity index is 1.35. The van der Waals surface area contributed by atoms with Gasteiger partial charge in [0.2, 0.25) is 0 Å². The zero-order valence-corrected chi connectivity index (χ0v) is 15.7. The number of fused-ring (bicyclic) bond motifs is 1.